The fraction of sp³-hybridized carbons (Fsp3) is 0.222. The van der Waals surface area contributed by atoms with Crippen LogP contribution in [0.2, 0.25) is 0 Å². The SMILES string of the molecule is COC(=O)c1c(C#N)ncc(O)c1C(F)F. The van der Waals surface area contributed by atoms with E-state index in [-0.39, 0.29) is 0 Å². The summed E-state index contributed by atoms with van der Waals surface area (Å²) in [6.07, 6.45) is -2.42. The number of nitriles is 1. The summed E-state index contributed by atoms with van der Waals surface area (Å²) < 4.78 is 29.4. The van der Waals surface area contributed by atoms with Gasteiger partial charge in [-0.25, -0.2) is 18.6 Å². The average molecular weight is 228 g/mol. The summed E-state index contributed by atoms with van der Waals surface area (Å²) in [7, 11) is 0.975. The molecule has 7 heteroatoms. The number of carbonyl (C=O) groups is 1. The fourth-order valence-corrected chi connectivity index (χ4v) is 1.13. The summed E-state index contributed by atoms with van der Waals surface area (Å²) in [5.41, 5.74) is -2.17. The predicted octanol–water partition coefficient (Wildman–Crippen LogP) is 1.38. The average Bonchev–Trinajstić information content (AvgIpc) is 2.27. The van der Waals surface area contributed by atoms with Gasteiger partial charge in [0.05, 0.1) is 18.9 Å². The topological polar surface area (TPSA) is 83.2 Å². The highest BCUT2D eigenvalue weighted by Gasteiger charge is 2.27. The number of nitrogens with zero attached hydrogens (tertiary/aromatic N) is 2. The second kappa shape index (κ2) is 4.53. The lowest BCUT2D eigenvalue weighted by molar-refractivity contribution is 0.0586. The molecule has 84 valence electrons. The van der Waals surface area contributed by atoms with Gasteiger partial charge in [0.15, 0.2) is 5.69 Å². The number of halogens is 2. The molecule has 5 nitrogen and oxygen atoms in total. The van der Waals surface area contributed by atoms with Gasteiger partial charge in [-0.15, -0.1) is 0 Å². The van der Waals surface area contributed by atoms with Crippen LogP contribution in [-0.2, 0) is 4.74 Å². The molecule has 16 heavy (non-hydrogen) atoms. The first-order valence-electron chi connectivity index (χ1n) is 4.01. The van der Waals surface area contributed by atoms with E-state index in [1.807, 2.05) is 0 Å². The Labute approximate surface area is 88.9 Å². The largest absolute Gasteiger partial charge is 0.506 e. The third kappa shape index (κ3) is 1.91. The van der Waals surface area contributed by atoms with Crippen LogP contribution in [0.25, 0.3) is 0 Å². The van der Waals surface area contributed by atoms with E-state index in [0.29, 0.717) is 6.20 Å². The lowest BCUT2D eigenvalue weighted by Crippen LogP contribution is -2.10. The molecule has 0 spiro atoms. The van der Waals surface area contributed by atoms with Crippen LogP contribution in [0.1, 0.15) is 28.0 Å². The van der Waals surface area contributed by atoms with Gasteiger partial charge in [-0.2, -0.15) is 5.26 Å². The van der Waals surface area contributed by atoms with E-state index in [9.17, 15) is 13.6 Å². The first-order valence-corrected chi connectivity index (χ1v) is 4.01. The summed E-state index contributed by atoms with van der Waals surface area (Å²) in [6, 6.07) is 1.48. The highest BCUT2D eigenvalue weighted by atomic mass is 19.3. The molecule has 0 atom stereocenters. The van der Waals surface area contributed by atoms with E-state index in [1.54, 1.807) is 0 Å². The molecule has 1 heterocycles. The second-order valence-corrected chi connectivity index (χ2v) is 2.68. The number of hydrogen-bond donors (Lipinski definition) is 1. The van der Waals surface area contributed by atoms with Crippen molar-refractivity contribution in [3.8, 4) is 11.8 Å². The Morgan fingerprint density at radius 1 is 1.69 bits per heavy atom. The van der Waals surface area contributed by atoms with Crippen LogP contribution in [0.15, 0.2) is 6.20 Å². The summed E-state index contributed by atoms with van der Waals surface area (Å²) in [6.45, 7) is 0. The van der Waals surface area contributed by atoms with Crippen LogP contribution in [0.3, 0.4) is 0 Å². The molecule has 0 aromatic carbocycles. The number of hydrogen-bond acceptors (Lipinski definition) is 5. The van der Waals surface area contributed by atoms with Crippen molar-refractivity contribution in [2.45, 2.75) is 6.43 Å². The Balaban J connectivity index is 3.57. The van der Waals surface area contributed by atoms with Crippen molar-refractivity contribution in [3.63, 3.8) is 0 Å². The third-order valence-electron chi connectivity index (χ3n) is 1.81. The van der Waals surface area contributed by atoms with E-state index >= 15 is 0 Å². The van der Waals surface area contributed by atoms with Crippen LogP contribution in [0, 0.1) is 11.3 Å². The van der Waals surface area contributed by atoms with E-state index in [2.05, 4.69) is 9.72 Å². The Morgan fingerprint density at radius 2 is 2.31 bits per heavy atom. The molecular weight excluding hydrogens is 222 g/mol. The minimum absolute atomic E-state index is 0.514. The monoisotopic (exact) mass is 228 g/mol. The van der Waals surface area contributed by atoms with Crippen molar-refractivity contribution >= 4 is 5.97 Å². The number of alkyl halides is 2. The molecule has 1 rings (SSSR count). The van der Waals surface area contributed by atoms with E-state index in [4.69, 9.17) is 10.4 Å². The maximum Gasteiger partial charge on any atom is 0.341 e. The smallest absolute Gasteiger partial charge is 0.341 e. The zero-order valence-corrected chi connectivity index (χ0v) is 8.07. The maximum atomic E-state index is 12.6. The summed E-state index contributed by atoms with van der Waals surface area (Å²) in [4.78, 5) is 14.6. The van der Waals surface area contributed by atoms with Crippen LogP contribution in [0.5, 0.6) is 5.75 Å². The van der Waals surface area contributed by atoms with Crippen LogP contribution >= 0.6 is 0 Å². The third-order valence-corrected chi connectivity index (χ3v) is 1.81. The van der Waals surface area contributed by atoms with Gasteiger partial charge in [-0.3, -0.25) is 0 Å². The van der Waals surface area contributed by atoms with Crippen molar-refractivity contribution in [3.05, 3.63) is 23.0 Å². The number of methoxy groups -OCH3 is 1. The van der Waals surface area contributed by atoms with E-state index in [1.165, 1.54) is 6.07 Å². The Hall–Kier alpha value is -2.23. The van der Waals surface area contributed by atoms with Crippen molar-refractivity contribution in [1.29, 1.82) is 5.26 Å². The molecule has 0 bridgehead atoms. The Bertz CT molecular complexity index is 469. The van der Waals surface area contributed by atoms with Gasteiger partial charge in [0.1, 0.15) is 17.4 Å². The van der Waals surface area contributed by atoms with Crippen LogP contribution in [0.4, 0.5) is 8.78 Å². The predicted molar refractivity (Wildman–Crippen MR) is 46.9 cm³/mol. The number of carbonyl (C=O) groups excluding carboxylic acids is 1. The number of aromatic nitrogens is 1. The lowest BCUT2D eigenvalue weighted by atomic mass is 10.1. The van der Waals surface area contributed by atoms with Gasteiger partial charge >= 0.3 is 5.97 Å². The van der Waals surface area contributed by atoms with Gasteiger partial charge < -0.3 is 9.84 Å². The van der Waals surface area contributed by atoms with Crippen molar-refractivity contribution in [2.24, 2.45) is 0 Å². The summed E-state index contributed by atoms with van der Waals surface area (Å²) in [5, 5.41) is 17.8. The van der Waals surface area contributed by atoms with Gasteiger partial charge in [-0.1, -0.05) is 0 Å². The first kappa shape index (κ1) is 11.8. The molecule has 1 aromatic heterocycles. The molecule has 0 aliphatic rings. The molecule has 0 aliphatic heterocycles. The minimum Gasteiger partial charge on any atom is -0.506 e. The van der Waals surface area contributed by atoms with E-state index in [0.717, 1.165) is 7.11 Å². The molecule has 0 unspecified atom stereocenters. The fourth-order valence-electron chi connectivity index (χ4n) is 1.13. The molecular formula is C9H6F2N2O3. The first-order chi connectivity index (χ1) is 7.52. The molecule has 0 fully saturated rings. The molecule has 0 saturated heterocycles. The lowest BCUT2D eigenvalue weighted by Gasteiger charge is -2.09. The zero-order valence-electron chi connectivity index (χ0n) is 8.07. The highest BCUT2D eigenvalue weighted by Crippen LogP contribution is 2.32. The zero-order chi connectivity index (χ0) is 12.3. The van der Waals surface area contributed by atoms with Crippen LogP contribution < -0.4 is 0 Å². The number of rotatable bonds is 2. The quantitative estimate of drug-likeness (QED) is 0.773. The van der Waals surface area contributed by atoms with Gasteiger partial charge in [-0.05, 0) is 0 Å². The Morgan fingerprint density at radius 3 is 2.75 bits per heavy atom. The molecule has 0 aliphatic carbocycles. The van der Waals surface area contributed by atoms with Gasteiger partial charge in [0, 0.05) is 0 Å². The minimum atomic E-state index is -3.11. The number of pyridine rings is 1. The molecule has 0 radical (unpaired) electrons. The van der Waals surface area contributed by atoms with Crippen molar-refractivity contribution < 1.29 is 23.4 Å². The second-order valence-electron chi connectivity index (χ2n) is 2.68. The molecule has 0 saturated carbocycles. The molecule has 0 amide bonds. The standard InChI is InChI=1S/C9H6F2N2O3/c1-16-9(15)6-4(2-12)13-3-5(14)7(6)8(10)11/h3,8,14H,1H3. The number of ether oxygens (including phenoxy) is 1. The van der Waals surface area contributed by atoms with Gasteiger partial charge in [0.25, 0.3) is 6.43 Å². The highest BCUT2D eigenvalue weighted by molar-refractivity contribution is 5.94. The van der Waals surface area contributed by atoms with Gasteiger partial charge in [0.2, 0.25) is 0 Å². The van der Waals surface area contributed by atoms with Crippen LogP contribution in [-0.4, -0.2) is 23.2 Å². The number of esters is 1. The van der Waals surface area contributed by atoms with Crippen molar-refractivity contribution in [2.75, 3.05) is 7.11 Å². The van der Waals surface area contributed by atoms with Crippen molar-refractivity contribution in [1.82, 2.24) is 4.98 Å². The molecule has 1 N–H and O–H groups in total. The number of aromatic hydroxyl groups is 1. The normalized spacial score (nSPS) is 9.94. The molecule has 1 aromatic rings. The summed E-state index contributed by atoms with van der Waals surface area (Å²) in [5.74, 6) is -2.00. The Kier molecular flexibility index (Phi) is 3.35. The summed E-state index contributed by atoms with van der Waals surface area (Å²) >= 11 is 0. The van der Waals surface area contributed by atoms with E-state index < -0.39 is 35.0 Å². The maximum absolute atomic E-state index is 12.6.